The van der Waals surface area contributed by atoms with Crippen LogP contribution in [0.25, 0.3) is 0 Å². The summed E-state index contributed by atoms with van der Waals surface area (Å²) in [5.41, 5.74) is 0. The number of carbonyl (C=O) groups is 1. The van der Waals surface area contributed by atoms with Gasteiger partial charge in [0.2, 0.25) is 5.91 Å². The second-order valence-electron chi connectivity index (χ2n) is 4.43. The topological polar surface area (TPSA) is 33.2 Å². The van der Waals surface area contributed by atoms with Crippen LogP contribution >= 0.6 is 22.9 Å². The maximum absolute atomic E-state index is 12.2. The molecule has 0 saturated heterocycles. The fourth-order valence-corrected chi connectivity index (χ4v) is 3.12. The minimum absolute atomic E-state index is 0.0199. The number of halogens is 1. The van der Waals surface area contributed by atoms with Gasteiger partial charge in [0.05, 0.1) is 0 Å². The predicted molar refractivity (Wildman–Crippen MR) is 71.8 cm³/mol. The molecule has 0 radical (unpaired) electrons. The van der Waals surface area contributed by atoms with Crippen LogP contribution in [0.4, 0.5) is 5.13 Å². The van der Waals surface area contributed by atoms with E-state index in [4.69, 9.17) is 11.6 Å². The highest BCUT2D eigenvalue weighted by molar-refractivity contribution is 7.13. The lowest BCUT2D eigenvalue weighted by atomic mass is 9.94. The second kappa shape index (κ2) is 5.83. The Morgan fingerprint density at radius 1 is 1.53 bits per heavy atom. The Balaban J connectivity index is 2.20. The van der Waals surface area contributed by atoms with E-state index in [1.165, 1.54) is 30.6 Å². The number of aromatic nitrogens is 1. The molecule has 1 unspecified atom stereocenters. The largest absolute Gasteiger partial charge is 0.284 e. The van der Waals surface area contributed by atoms with Crippen molar-refractivity contribution in [1.82, 2.24) is 4.98 Å². The number of alkyl halides is 1. The number of nitrogens with zero attached hydrogens (tertiary/aromatic N) is 2. The van der Waals surface area contributed by atoms with Gasteiger partial charge in [-0.1, -0.05) is 19.3 Å². The molecule has 1 aliphatic carbocycles. The number of carbonyl (C=O) groups excluding carboxylic acids is 1. The Morgan fingerprint density at radius 3 is 2.76 bits per heavy atom. The standard InChI is InChI=1S/C12H17ClN2OS/c1-9(13)11(16)15(12-14-7-8-17-12)10-5-3-2-4-6-10/h7-10H,2-6H2,1H3. The monoisotopic (exact) mass is 272 g/mol. The van der Waals surface area contributed by atoms with E-state index in [9.17, 15) is 4.79 Å². The van der Waals surface area contributed by atoms with Crippen LogP contribution < -0.4 is 4.90 Å². The summed E-state index contributed by atoms with van der Waals surface area (Å²) in [6, 6.07) is 0.281. The first-order valence-corrected chi connectivity index (χ1v) is 7.38. The molecular weight excluding hydrogens is 256 g/mol. The van der Waals surface area contributed by atoms with Crippen molar-refractivity contribution in [1.29, 1.82) is 0 Å². The highest BCUT2D eigenvalue weighted by Crippen LogP contribution is 2.29. The normalized spacial score (nSPS) is 18.9. The molecule has 1 aromatic heterocycles. The van der Waals surface area contributed by atoms with Crippen LogP contribution in [-0.4, -0.2) is 22.3 Å². The summed E-state index contributed by atoms with van der Waals surface area (Å²) in [5.74, 6) is -0.0199. The lowest BCUT2D eigenvalue weighted by Gasteiger charge is -2.33. The minimum atomic E-state index is -0.485. The third kappa shape index (κ3) is 2.99. The van der Waals surface area contributed by atoms with Gasteiger partial charge in [-0.25, -0.2) is 4.98 Å². The van der Waals surface area contributed by atoms with Gasteiger partial charge in [0.1, 0.15) is 5.38 Å². The molecule has 0 spiro atoms. The van der Waals surface area contributed by atoms with E-state index in [1.54, 1.807) is 13.1 Å². The molecule has 1 fully saturated rings. The Bertz CT molecular complexity index is 361. The van der Waals surface area contributed by atoms with Gasteiger partial charge in [-0.3, -0.25) is 9.69 Å². The molecule has 5 heteroatoms. The van der Waals surface area contributed by atoms with E-state index in [-0.39, 0.29) is 11.9 Å². The fraction of sp³-hybridized carbons (Fsp3) is 0.667. The zero-order valence-corrected chi connectivity index (χ0v) is 11.5. The van der Waals surface area contributed by atoms with Gasteiger partial charge in [-0.05, 0) is 19.8 Å². The number of amides is 1. The molecule has 1 saturated carbocycles. The number of rotatable bonds is 3. The molecule has 1 heterocycles. The van der Waals surface area contributed by atoms with E-state index in [0.717, 1.165) is 18.0 Å². The van der Waals surface area contributed by atoms with E-state index < -0.39 is 5.38 Å². The van der Waals surface area contributed by atoms with Gasteiger partial charge in [-0.2, -0.15) is 0 Å². The summed E-state index contributed by atoms with van der Waals surface area (Å²) in [7, 11) is 0. The molecule has 1 aromatic rings. The third-order valence-electron chi connectivity index (χ3n) is 3.14. The zero-order valence-electron chi connectivity index (χ0n) is 9.93. The summed E-state index contributed by atoms with van der Waals surface area (Å²) in [5, 5.41) is 2.20. The van der Waals surface area contributed by atoms with Gasteiger partial charge in [0, 0.05) is 17.6 Å². The number of thiazole rings is 1. The summed E-state index contributed by atoms with van der Waals surface area (Å²) >= 11 is 7.45. The van der Waals surface area contributed by atoms with E-state index in [0.29, 0.717) is 0 Å². The van der Waals surface area contributed by atoms with Crippen LogP contribution in [0.3, 0.4) is 0 Å². The Hall–Kier alpha value is -0.610. The molecule has 0 N–H and O–H groups in total. The third-order valence-corrected chi connectivity index (χ3v) is 4.10. The van der Waals surface area contributed by atoms with Crippen molar-refractivity contribution in [3.05, 3.63) is 11.6 Å². The summed E-state index contributed by atoms with van der Waals surface area (Å²) in [6.45, 7) is 1.73. The van der Waals surface area contributed by atoms with Crippen LogP contribution in [0.15, 0.2) is 11.6 Å². The van der Waals surface area contributed by atoms with Crippen LogP contribution in [-0.2, 0) is 4.79 Å². The van der Waals surface area contributed by atoms with E-state index in [1.807, 2.05) is 10.3 Å². The molecule has 2 rings (SSSR count). The second-order valence-corrected chi connectivity index (χ2v) is 5.96. The van der Waals surface area contributed by atoms with Crippen molar-refractivity contribution in [2.75, 3.05) is 4.90 Å². The molecule has 3 nitrogen and oxygen atoms in total. The Labute approximate surface area is 111 Å². The smallest absolute Gasteiger partial charge is 0.246 e. The molecule has 1 aliphatic rings. The first-order valence-electron chi connectivity index (χ1n) is 6.07. The number of hydrogen-bond acceptors (Lipinski definition) is 3. The Morgan fingerprint density at radius 2 is 2.24 bits per heavy atom. The SMILES string of the molecule is CC(Cl)C(=O)N(c1nccs1)C1CCCCC1. The number of anilines is 1. The zero-order chi connectivity index (χ0) is 12.3. The average molecular weight is 273 g/mol. The van der Waals surface area contributed by atoms with Crippen molar-refractivity contribution >= 4 is 34.0 Å². The van der Waals surface area contributed by atoms with Crippen LogP contribution in [0.5, 0.6) is 0 Å². The van der Waals surface area contributed by atoms with Gasteiger partial charge in [0.15, 0.2) is 5.13 Å². The lowest BCUT2D eigenvalue weighted by Crippen LogP contribution is -2.44. The fourth-order valence-electron chi connectivity index (χ4n) is 2.30. The molecule has 0 bridgehead atoms. The van der Waals surface area contributed by atoms with Crippen molar-refractivity contribution < 1.29 is 4.79 Å². The molecule has 17 heavy (non-hydrogen) atoms. The quantitative estimate of drug-likeness (QED) is 0.790. The van der Waals surface area contributed by atoms with Crippen molar-refractivity contribution in [2.24, 2.45) is 0 Å². The number of hydrogen-bond donors (Lipinski definition) is 0. The first kappa shape index (κ1) is 12.8. The van der Waals surface area contributed by atoms with Crippen LogP contribution in [0.1, 0.15) is 39.0 Å². The maximum atomic E-state index is 12.2. The molecule has 94 valence electrons. The van der Waals surface area contributed by atoms with E-state index >= 15 is 0 Å². The van der Waals surface area contributed by atoms with Gasteiger partial charge in [-0.15, -0.1) is 22.9 Å². The lowest BCUT2D eigenvalue weighted by molar-refractivity contribution is -0.118. The van der Waals surface area contributed by atoms with Crippen LogP contribution in [0.2, 0.25) is 0 Å². The Kier molecular flexibility index (Phi) is 4.40. The molecule has 1 atom stereocenters. The molecule has 1 amide bonds. The summed E-state index contributed by atoms with van der Waals surface area (Å²) < 4.78 is 0. The van der Waals surface area contributed by atoms with Gasteiger partial charge >= 0.3 is 0 Å². The summed E-state index contributed by atoms with van der Waals surface area (Å²) in [6.07, 6.45) is 7.52. The average Bonchev–Trinajstić information content (AvgIpc) is 2.84. The molecule has 0 aliphatic heterocycles. The molecule has 0 aromatic carbocycles. The van der Waals surface area contributed by atoms with Crippen molar-refractivity contribution in [3.8, 4) is 0 Å². The predicted octanol–water partition coefficient (Wildman–Crippen LogP) is 3.44. The minimum Gasteiger partial charge on any atom is -0.284 e. The highest BCUT2D eigenvalue weighted by Gasteiger charge is 2.30. The van der Waals surface area contributed by atoms with Crippen LogP contribution in [0, 0.1) is 0 Å². The summed E-state index contributed by atoms with van der Waals surface area (Å²) in [4.78, 5) is 18.3. The maximum Gasteiger partial charge on any atom is 0.246 e. The van der Waals surface area contributed by atoms with Crippen molar-refractivity contribution in [2.45, 2.75) is 50.4 Å². The van der Waals surface area contributed by atoms with Gasteiger partial charge < -0.3 is 0 Å². The van der Waals surface area contributed by atoms with Crippen molar-refractivity contribution in [3.63, 3.8) is 0 Å². The molecular formula is C12H17ClN2OS. The van der Waals surface area contributed by atoms with E-state index in [2.05, 4.69) is 4.98 Å². The first-order chi connectivity index (χ1) is 8.20. The van der Waals surface area contributed by atoms with Gasteiger partial charge in [0.25, 0.3) is 0 Å². The highest BCUT2D eigenvalue weighted by atomic mass is 35.5.